The van der Waals surface area contributed by atoms with E-state index in [1.54, 1.807) is 6.20 Å². The fraction of sp³-hybridized carbons (Fsp3) is 0. The van der Waals surface area contributed by atoms with Crippen molar-refractivity contribution in [2.24, 2.45) is 0 Å². The monoisotopic (exact) mass is 237 g/mol. The van der Waals surface area contributed by atoms with Gasteiger partial charge in [0.2, 0.25) is 5.56 Å². The highest BCUT2D eigenvalue weighted by Crippen LogP contribution is 2.22. The van der Waals surface area contributed by atoms with E-state index in [1.165, 1.54) is 6.07 Å². The molecule has 0 saturated carbocycles. The van der Waals surface area contributed by atoms with E-state index in [-0.39, 0.29) is 5.56 Å². The Morgan fingerprint density at radius 1 is 1.06 bits per heavy atom. The lowest BCUT2D eigenvalue weighted by molar-refractivity contribution is 1.28. The molecule has 2 aromatic heterocycles. The quantitative estimate of drug-likeness (QED) is 0.720. The summed E-state index contributed by atoms with van der Waals surface area (Å²) in [7, 11) is 0. The summed E-state index contributed by atoms with van der Waals surface area (Å²) in [5.41, 5.74) is 1.43. The van der Waals surface area contributed by atoms with Gasteiger partial charge in [0.15, 0.2) is 0 Å². The molecule has 0 fully saturated rings. The summed E-state index contributed by atoms with van der Waals surface area (Å²) < 4.78 is 0. The van der Waals surface area contributed by atoms with Gasteiger partial charge in [0.1, 0.15) is 5.82 Å². The van der Waals surface area contributed by atoms with Gasteiger partial charge in [0, 0.05) is 17.6 Å². The average Bonchev–Trinajstić information content (AvgIpc) is 2.40. The molecule has 0 spiro atoms. The van der Waals surface area contributed by atoms with E-state index in [9.17, 15) is 4.79 Å². The second kappa shape index (κ2) is 4.33. The molecular formula is C14H11N3O. The van der Waals surface area contributed by atoms with E-state index in [0.717, 1.165) is 16.6 Å². The first kappa shape index (κ1) is 10.5. The Labute approximate surface area is 103 Å². The van der Waals surface area contributed by atoms with Gasteiger partial charge in [-0.05, 0) is 18.2 Å². The van der Waals surface area contributed by atoms with Gasteiger partial charge in [-0.2, -0.15) is 0 Å². The third-order valence-electron chi connectivity index (χ3n) is 2.68. The smallest absolute Gasteiger partial charge is 0.250 e. The molecule has 0 unspecified atom stereocenters. The van der Waals surface area contributed by atoms with Crippen LogP contribution < -0.4 is 10.9 Å². The van der Waals surface area contributed by atoms with Crippen molar-refractivity contribution in [1.82, 2.24) is 9.97 Å². The Balaban J connectivity index is 2.14. The lowest BCUT2D eigenvalue weighted by atomic mass is 10.2. The molecule has 18 heavy (non-hydrogen) atoms. The molecule has 1 aromatic carbocycles. The predicted molar refractivity (Wildman–Crippen MR) is 72.1 cm³/mol. The Bertz CT molecular complexity index is 735. The molecule has 0 aliphatic rings. The van der Waals surface area contributed by atoms with Crippen molar-refractivity contribution in [3.05, 3.63) is 65.1 Å². The Morgan fingerprint density at radius 2 is 1.89 bits per heavy atom. The maximum atomic E-state index is 11.6. The van der Waals surface area contributed by atoms with Crippen LogP contribution in [0.15, 0.2) is 59.5 Å². The fourth-order valence-corrected chi connectivity index (χ4v) is 1.88. The van der Waals surface area contributed by atoms with Gasteiger partial charge in [0.05, 0.1) is 11.2 Å². The maximum absolute atomic E-state index is 11.6. The van der Waals surface area contributed by atoms with Crippen LogP contribution in [0, 0.1) is 0 Å². The predicted octanol–water partition coefficient (Wildman–Crippen LogP) is 2.67. The second-order valence-electron chi connectivity index (χ2n) is 3.93. The zero-order chi connectivity index (χ0) is 12.4. The number of aromatic nitrogens is 2. The number of para-hydroxylation sites is 1. The summed E-state index contributed by atoms with van der Waals surface area (Å²) in [6.45, 7) is 0. The van der Waals surface area contributed by atoms with Gasteiger partial charge in [-0.25, -0.2) is 4.98 Å². The van der Waals surface area contributed by atoms with Crippen LogP contribution in [0.1, 0.15) is 0 Å². The van der Waals surface area contributed by atoms with Crippen LogP contribution in [-0.2, 0) is 0 Å². The highest BCUT2D eigenvalue weighted by Gasteiger charge is 2.03. The largest absolute Gasteiger partial charge is 0.340 e. The number of hydrogen-bond acceptors (Lipinski definition) is 3. The molecule has 2 N–H and O–H groups in total. The second-order valence-corrected chi connectivity index (χ2v) is 3.93. The normalized spacial score (nSPS) is 10.4. The minimum atomic E-state index is -0.132. The summed E-state index contributed by atoms with van der Waals surface area (Å²) in [4.78, 5) is 18.6. The van der Waals surface area contributed by atoms with Crippen LogP contribution in [-0.4, -0.2) is 9.97 Å². The fourth-order valence-electron chi connectivity index (χ4n) is 1.88. The average molecular weight is 237 g/mol. The van der Waals surface area contributed by atoms with Gasteiger partial charge in [-0.1, -0.05) is 24.3 Å². The van der Waals surface area contributed by atoms with Crippen molar-refractivity contribution < 1.29 is 0 Å². The molecule has 88 valence electrons. The third-order valence-corrected chi connectivity index (χ3v) is 2.68. The van der Waals surface area contributed by atoms with Crippen LogP contribution in [0.2, 0.25) is 0 Å². The van der Waals surface area contributed by atoms with Crippen molar-refractivity contribution in [2.75, 3.05) is 5.32 Å². The van der Waals surface area contributed by atoms with Crippen molar-refractivity contribution in [1.29, 1.82) is 0 Å². The van der Waals surface area contributed by atoms with Crippen LogP contribution in [0.4, 0.5) is 11.5 Å². The molecule has 3 aromatic rings. The van der Waals surface area contributed by atoms with Gasteiger partial charge in [-0.3, -0.25) is 4.79 Å². The molecule has 0 bridgehead atoms. The van der Waals surface area contributed by atoms with E-state index in [4.69, 9.17) is 0 Å². The first-order valence-electron chi connectivity index (χ1n) is 5.63. The highest BCUT2D eigenvalue weighted by molar-refractivity contribution is 5.92. The molecule has 0 atom stereocenters. The molecule has 2 heterocycles. The zero-order valence-electron chi connectivity index (χ0n) is 9.55. The third kappa shape index (κ3) is 1.96. The van der Waals surface area contributed by atoms with Gasteiger partial charge in [0.25, 0.3) is 0 Å². The Kier molecular flexibility index (Phi) is 2.53. The van der Waals surface area contributed by atoms with Crippen molar-refractivity contribution in [3.63, 3.8) is 0 Å². The molecule has 4 heteroatoms. The molecule has 3 rings (SSSR count). The van der Waals surface area contributed by atoms with Crippen molar-refractivity contribution >= 4 is 22.4 Å². The van der Waals surface area contributed by atoms with Gasteiger partial charge in [-0.15, -0.1) is 0 Å². The number of H-pyrrole nitrogens is 1. The molecule has 0 radical (unpaired) electrons. The van der Waals surface area contributed by atoms with E-state index in [2.05, 4.69) is 15.3 Å². The van der Waals surface area contributed by atoms with Crippen LogP contribution >= 0.6 is 0 Å². The summed E-state index contributed by atoms with van der Waals surface area (Å²) >= 11 is 0. The minimum absolute atomic E-state index is 0.132. The number of fused-ring (bicyclic) bond motifs is 1. The highest BCUT2D eigenvalue weighted by atomic mass is 16.1. The zero-order valence-corrected chi connectivity index (χ0v) is 9.55. The SMILES string of the molecule is O=c1cc(Nc2ccccn2)c2ccccc2[nH]1. The minimum Gasteiger partial charge on any atom is -0.340 e. The summed E-state index contributed by atoms with van der Waals surface area (Å²) in [6, 6.07) is 14.8. The van der Waals surface area contributed by atoms with Gasteiger partial charge >= 0.3 is 0 Å². The molecular weight excluding hydrogens is 226 g/mol. The van der Waals surface area contributed by atoms with Gasteiger partial charge < -0.3 is 10.3 Å². The number of hydrogen-bond donors (Lipinski definition) is 2. The van der Waals surface area contributed by atoms with Crippen LogP contribution in [0.25, 0.3) is 10.9 Å². The molecule has 4 nitrogen and oxygen atoms in total. The number of aromatic amines is 1. The van der Waals surface area contributed by atoms with Crippen LogP contribution in [0.3, 0.4) is 0 Å². The summed E-state index contributed by atoms with van der Waals surface area (Å²) in [5, 5.41) is 4.12. The number of pyridine rings is 2. The molecule has 0 aliphatic heterocycles. The summed E-state index contributed by atoms with van der Waals surface area (Å²) in [6.07, 6.45) is 1.71. The number of nitrogens with zero attached hydrogens (tertiary/aromatic N) is 1. The Morgan fingerprint density at radius 3 is 2.72 bits per heavy atom. The van der Waals surface area contributed by atoms with Crippen molar-refractivity contribution in [2.45, 2.75) is 0 Å². The maximum Gasteiger partial charge on any atom is 0.250 e. The number of benzene rings is 1. The number of anilines is 2. The lowest BCUT2D eigenvalue weighted by Gasteiger charge is -2.08. The molecule has 0 aliphatic carbocycles. The molecule has 0 saturated heterocycles. The van der Waals surface area contributed by atoms with E-state index < -0.39 is 0 Å². The Hall–Kier alpha value is -2.62. The van der Waals surface area contributed by atoms with Crippen LogP contribution in [0.5, 0.6) is 0 Å². The van der Waals surface area contributed by atoms with Crippen molar-refractivity contribution in [3.8, 4) is 0 Å². The molecule has 0 amide bonds. The van der Waals surface area contributed by atoms with E-state index in [1.807, 2.05) is 42.5 Å². The number of nitrogens with one attached hydrogen (secondary N) is 2. The first-order valence-corrected chi connectivity index (χ1v) is 5.63. The number of rotatable bonds is 2. The summed E-state index contributed by atoms with van der Waals surface area (Å²) in [5.74, 6) is 0.716. The van der Waals surface area contributed by atoms with E-state index in [0.29, 0.717) is 5.82 Å². The standard InChI is InChI=1S/C14H11N3O/c18-14-9-12(16-13-7-3-4-8-15-13)10-5-1-2-6-11(10)17-14/h1-9H,(H2,15,16,17,18). The first-order chi connectivity index (χ1) is 8.83. The lowest BCUT2D eigenvalue weighted by Crippen LogP contribution is -2.06. The van der Waals surface area contributed by atoms with E-state index >= 15 is 0 Å². The topological polar surface area (TPSA) is 57.8 Å².